The highest BCUT2D eigenvalue weighted by molar-refractivity contribution is 7.09. The summed E-state index contributed by atoms with van der Waals surface area (Å²) in [5, 5.41) is 15.1. The van der Waals surface area contributed by atoms with Gasteiger partial charge in [0.1, 0.15) is 5.82 Å². The van der Waals surface area contributed by atoms with Crippen LogP contribution in [0.25, 0.3) is 0 Å². The molecule has 1 atom stereocenters. The average molecular weight is 265 g/mol. The molecule has 0 saturated carbocycles. The van der Waals surface area contributed by atoms with Gasteiger partial charge in [0.15, 0.2) is 0 Å². The third-order valence-corrected chi connectivity index (χ3v) is 3.64. The van der Waals surface area contributed by atoms with E-state index in [1.54, 1.807) is 23.5 Å². The minimum absolute atomic E-state index is 0.315. The Morgan fingerprint density at radius 2 is 2.17 bits per heavy atom. The Hall–Kier alpha value is -1.23. The molecule has 2 N–H and O–H groups in total. The summed E-state index contributed by atoms with van der Waals surface area (Å²) in [6, 6.07) is 10.2. The average Bonchev–Trinajstić information content (AvgIpc) is 2.87. The Kier molecular flexibility index (Phi) is 4.87. The third-order valence-electron chi connectivity index (χ3n) is 2.70. The highest BCUT2D eigenvalue weighted by Gasteiger charge is 2.07. The van der Waals surface area contributed by atoms with Crippen molar-refractivity contribution in [2.45, 2.75) is 12.5 Å². The van der Waals surface area contributed by atoms with Crippen molar-refractivity contribution in [2.75, 3.05) is 13.1 Å². The molecule has 1 aromatic carbocycles. The molecule has 1 aromatic heterocycles. The van der Waals surface area contributed by atoms with Crippen LogP contribution in [0.1, 0.15) is 16.5 Å². The van der Waals surface area contributed by atoms with E-state index in [1.807, 2.05) is 6.07 Å². The predicted molar refractivity (Wildman–Crippen MR) is 72.3 cm³/mol. The van der Waals surface area contributed by atoms with Gasteiger partial charge < -0.3 is 10.4 Å². The Morgan fingerprint density at radius 3 is 2.89 bits per heavy atom. The molecule has 0 aliphatic rings. The largest absolute Gasteiger partial charge is 0.387 e. The van der Waals surface area contributed by atoms with Crippen LogP contribution in [0.5, 0.6) is 0 Å². The van der Waals surface area contributed by atoms with Crippen molar-refractivity contribution in [3.8, 4) is 0 Å². The van der Waals surface area contributed by atoms with Crippen LogP contribution in [0.4, 0.5) is 4.39 Å². The van der Waals surface area contributed by atoms with Crippen LogP contribution in [0.2, 0.25) is 0 Å². The fraction of sp³-hybridized carbons (Fsp3) is 0.286. The molecule has 0 spiro atoms. The summed E-state index contributed by atoms with van der Waals surface area (Å²) in [4.78, 5) is 1.32. The van der Waals surface area contributed by atoms with Gasteiger partial charge in [-0.1, -0.05) is 18.2 Å². The number of aliphatic hydroxyl groups is 1. The highest BCUT2D eigenvalue weighted by Crippen LogP contribution is 2.13. The van der Waals surface area contributed by atoms with Crippen molar-refractivity contribution in [1.82, 2.24) is 5.32 Å². The van der Waals surface area contributed by atoms with Gasteiger partial charge in [-0.2, -0.15) is 0 Å². The van der Waals surface area contributed by atoms with E-state index in [1.165, 1.54) is 17.0 Å². The van der Waals surface area contributed by atoms with Crippen molar-refractivity contribution in [1.29, 1.82) is 0 Å². The lowest BCUT2D eigenvalue weighted by Crippen LogP contribution is -2.23. The minimum atomic E-state index is -0.663. The molecule has 1 heterocycles. The Labute approximate surface area is 110 Å². The van der Waals surface area contributed by atoms with Crippen molar-refractivity contribution in [3.63, 3.8) is 0 Å². The molecule has 18 heavy (non-hydrogen) atoms. The van der Waals surface area contributed by atoms with Crippen LogP contribution < -0.4 is 5.32 Å². The lowest BCUT2D eigenvalue weighted by Gasteiger charge is -2.12. The number of aliphatic hydroxyl groups excluding tert-OH is 1. The summed E-state index contributed by atoms with van der Waals surface area (Å²) in [6.07, 6.45) is 0.289. The molecule has 0 fully saturated rings. The van der Waals surface area contributed by atoms with Gasteiger partial charge in [-0.15, -0.1) is 11.3 Å². The summed E-state index contributed by atoms with van der Waals surface area (Å²) in [6.45, 7) is 1.25. The molecule has 96 valence electrons. The zero-order chi connectivity index (χ0) is 12.8. The Morgan fingerprint density at radius 1 is 1.28 bits per heavy atom. The van der Waals surface area contributed by atoms with E-state index in [2.05, 4.69) is 16.8 Å². The van der Waals surface area contributed by atoms with Crippen molar-refractivity contribution in [2.24, 2.45) is 0 Å². The van der Waals surface area contributed by atoms with Crippen LogP contribution >= 0.6 is 11.3 Å². The van der Waals surface area contributed by atoms with E-state index < -0.39 is 6.10 Å². The van der Waals surface area contributed by atoms with E-state index in [9.17, 15) is 9.50 Å². The zero-order valence-corrected chi connectivity index (χ0v) is 10.8. The van der Waals surface area contributed by atoms with Gasteiger partial charge >= 0.3 is 0 Å². The number of hydrogen-bond acceptors (Lipinski definition) is 3. The molecule has 0 aliphatic carbocycles. The molecule has 0 amide bonds. The lowest BCUT2D eigenvalue weighted by atomic mass is 10.1. The first kappa shape index (κ1) is 13.2. The maximum absolute atomic E-state index is 13.0. The van der Waals surface area contributed by atoms with Crippen LogP contribution in [-0.2, 0) is 6.42 Å². The van der Waals surface area contributed by atoms with Gasteiger partial charge in [0, 0.05) is 18.0 Å². The molecule has 2 nitrogen and oxygen atoms in total. The summed E-state index contributed by atoms with van der Waals surface area (Å²) in [5.74, 6) is -0.315. The van der Waals surface area contributed by atoms with Crippen LogP contribution in [0.3, 0.4) is 0 Å². The Balaban J connectivity index is 1.73. The summed E-state index contributed by atoms with van der Waals surface area (Å²) in [5.41, 5.74) is 0.610. The van der Waals surface area contributed by atoms with E-state index in [0.29, 0.717) is 12.1 Å². The molecule has 0 bridgehead atoms. The molecule has 0 aliphatic heterocycles. The zero-order valence-electron chi connectivity index (χ0n) is 9.97. The molecule has 0 radical (unpaired) electrons. The van der Waals surface area contributed by atoms with Gasteiger partial charge in [-0.3, -0.25) is 0 Å². The second-order valence-electron chi connectivity index (χ2n) is 4.10. The van der Waals surface area contributed by atoms with Crippen LogP contribution in [-0.4, -0.2) is 18.2 Å². The van der Waals surface area contributed by atoms with E-state index >= 15 is 0 Å². The monoisotopic (exact) mass is 265 g/mol. The SMILES string of the molecule is OC(CNCCc1cccs1)c1cccc(F)c1. The second-order valence-corrected chi connectivity index (χ2v) is 5.14. The van der Waals surface area contributed by atoms with Gasteiger partial charge in [0.25, 0.3) is 0 Å². The molecule has 0 saturated heterocycles. The maximum Gasteiger partial charge on any atom is 0.123 e. The quantitative estimate of drug-likeness (QED) is 0.787. The number of nitrogens with one attached hydrogen (secondary N) is 1. The predicted octanol–water partition coefficient (Wildman–Crippen LogP) is 2.75. The van der Waals surface area contributed by atoms with Gasteiger partial charge in [-0.25, -0.2) is 4.39 Å². The summed E-state index contributed by atoms with van der Waals surface area (Å²) in [7, 11) is 0. The smallest absolute Gasteiger partial charge is 0.123 e. The number of benzene rings is 1. The first-order valence-electron chi connectivity index (χ1n) is 5.92. The highest BCUT2D eigenvalue weighted by atomic mass is 32.1. The fourth-order valence-electron chi connectivity index (χ4n) is 1.74. The normalized spacial score (nSPS) is 12.6. The summed E-state index contributed by atoms with van der Waals surface area (Å²) >= 11 is 1.73. The third kappa shape index (κ3) is 3.91. The number of hydrogen-bond donors (Lipinski definition) is 2. The molecular weight excluding hydrogens is 249 g/mol. The summed E-state index contributed by atoms with van der Waals surface area (Å²) < 4.78 is 13.0. The molecule has 4 heteroatoms. The molecule has 2 rings (SSSR count). The van der Waals surface area contributed by atoms with Crippen LogP contribution in [0, 0.1) is 5.82 Å². The van der Waals surface area contributed by atoms with Gasteiger partial charge in [0.05, 0.1) is 6.10 Å². The molecule has 2 aromatic rings. The molecular formula is C14H16FNOS. The number of thiophene rings is 1. The molecule has 1 unspecified atom stereocenters. The van der Waals surface area contributed by atoms with Gasteiger partial charge in [0.2, 0.25) is 0 Å². The lowest BCUT2D eigenvalue weighted by molar-refractivity contribution is 0.174. The van der Waals surface area contributed by atoms with E-state index in [0.717, 1.165) is 13.0 Å². The van der Waals surface area contributed by atoms with Crippen molar-refractivity contribution >= 4 is 11.3 Å². The first-order valence-corrected chi connectivity index (χ1v) is 6.80. The minimum Gasteiger partial charge on any atom is -0.387 e. The van der Waals surface area contributed by atoms with Crippen LogP contribution in [0.15, 0.2) is 41.8 Å². The first-order chi connectivity index (χ1) is 8.75. The second kappa shape index (κ2) is 6.64. The number of rotatable bonds is 6. The Bertz CT molecular complexity index is 472. The topological polar surface area (TPSA) is 32.3 Å². The van der Waals surface area contributed by atoms with Gasteiger partial charge in [-0.05, 0) is 35.6 Å². The van der Waals surface area contributed by atoms with Crippen molar-refractivity contribution in [3.05, 3.63) is 58.0 Å². The van der Waals surface area contributed by atoms with E-state index in [-0.39, 0.29) is 5.82 Å². The number of halogens is 1. The maximum atomic E-state index is 13.0. The fourth-order valence-corrected chi connectivity index (χ4v) is 2.45. The standard InChI is InChI=1S/C14H16FNOS/c15-12-4-1-3-11(9-12)14(17)10-16-7-6-13-5-2-8-18-13/h1-5,8-9,14,16-17H,6-7,10H2. The van der Waals surface area contributed by atoms with Crippen molar-refractivity contribution < 1.29 is 9.50 Å². The van der Waals surface area contributed by atoms with E-state index in [4.69, 9.17) is 0 Å².